The molecule has 10 nitrogen and oxygen atoms in total. The van der Waals surface area contributed by atoms with Crippen molar-refractivity contribution in [3.8, 4) is 11.5 Å². The van der Waals surface area contributed by atoms with Gasteiger partial charge in [-0.1, -0.05) is 0 Å². The summed E-state index contributed by atoms with van der Waals surface area (Å²) in [7, 11) is 2.75. The number of carbonyl (C=O) groups is 1. The molecule has 2 aromatic carbocycles. The smallest absolute Gasteiger partial charge is 0.286 e. The zero-order valence-electron chi connectivity index (χ0n) is 16.5. The molecule has 0 unspecified atom stereocenters. The molecule has 1 heterocycles. The number of ether oxygens (including phenoxy) is 2. The van der Waals surface area contributed by atoms with Crippen molar-refractivity contribution in [1.82, 2.24) is 9.97 Å². The molecule has 0 saturated carbocycles. The first-order valence-electron chi connectivity index (χ1n) is 8.78. The fourth-order valence-corrected chi connectivity index (χ4v) is 2.71. The molecule has 0 fully saturated rings. The Balaban J connectivity index is 1.79. The van der Waals surface area contributed by atoms with Gasteiger partial charge in [-0.05, 0) is 31.2 Å². The third-order valence-corrected chi connectivity index (χ3v) is 4.16. The van der Waals surface area contributed by atoms with Gasteiger partial charge in [-0.15, -0.1) is 0 Å². The van der Waals surface area contributed by atoms with Gasteiger partial charge >= 0.3 is 0 Å². The molecule has 0 radical (unpaired) electrons. The molecule has 0 saturated heterocycles. The summed E-state index contributed by atoms with van der Waals surface area (Å²) in [5.74, 6) is 0.374. The summed E-state index contributed by atoms with van der Waals surface area (Å²) in [4.78, 5) is 31.6. The van der Waals surface area contributed by atoms with Gasteiger partial charge in [0.2, 0.25) is 0 Å². The van der Waals surface area contributed by atoms with Crippen LogP contribution in [-0.2, 0) is 0 Å². The Labute approximate surface area is 172 Å². The van der Waals surface area contributed by atoms with Crippen molar-refractivity contribution in [3.05, 3.63) is 70.2 Å². The lowest BCUT2D eigenvalue weighted by molar-refractivity contribution is -0.385. The Kier molecular flexibility index (Phi) is 6.06. The van der Waals surface area contributed by atoms with E-state index in [1.54, 1.807) is 30.3 Å². The van der Waals surface area contributed by atoms with Gasteiger partial charge in [-0.2, -0.15) is 0 Å². The second-order valence-corrected chi connectivity index (χ2v) is 6.18. The lowest BCUT2D eigenvalue weighted by atomic mass is 10.1. The standard InChI is InChI=1S/C20H19N5O5/c1-12-8-19(22-11-21-12)23-13-4-6-14(7-5-13)24-20(26)15-9-17(29-2)18(30-3)10-16(15)25(27)28/h4-11H,1-3H3,(H,24,26)(H,21,22,23). The number of carbonyl (C=O) groups excluding carboxylic acids is 1. The third kappa shape index (κ3) is 4.61. The molecule has 2 N–H and O–H groups in total. The van der Waals surface area contributed by atoms with Crippen molar-refractivity contribution in [1.29, 1.82) is 0 Å². The molecule has 0 aliphatic carbocycles. The summed E-state index contributed by atoms with van der Waals surface area (Å²) >= 11 is 0. The van der Waals surface area contributed by atoms with E-state index in [9.17, 15) is 14.9 Å². The van der Waals surface area contributed by atoms with Crippen molar-refractivity contribution >= 4 is 28.8 Å². The number of nitrogens with one attached hydrogen (secondary N) is 2. The van der Waals surface area contributed by atoms with Crippen molar-refractivity contribution in [3.63, 3.8) is 0 Å². The summed E-state index contributed by atoms with van der Waals surface area (Å²) < 4.78 is 10.2. The molecule has 3 aromatic rings. The highest BCUT2D eigenvalue weighted by atomic mass is 16.6. The molecule has 0 bridgehead atoms. The fraction of sp³-hybridized carbons (Fsp3) is 0.150. The van der Waals surface area contributed by atoms with E-state index >= 15 is 0 Å². The number of hydrogen-bond donors (Lipinski definition) is 2. The maximum atomic E-state index is 12.7. The van der Waals surface area contributed by atoms with Gasteiger partial charge in [0.05, 0.1) is 25.2 Å². The van der Waals surface area contributed by atoms with Crippen LogP contribution in [0.15, 0.2) is 48.8 Å². The average Bonchev–Trinajstić information content (AvgIpc) is 2.74. The molecule has 0 aliphatic heterocycles. The van der Waals surface area contributed by atoms with Gasteiger partial charge in [0.1, 0.15) is 17.7 Å². The van der Waals surface area contributed by atoms with E-state index in [0.29, 0.717) is 11.5 Å². The molecule has 154 valence electrons. The number of methoxy groups -OCH3 is 2. The second-order valence-electron chi connectivity index (χ2n) is 6.18. The Morgan fingerprint density at radius 2 is 1.63 bits per heavy atom. The Bertz CT molecular complexity index is 1090. The van der Waals surface area contributed by atoms with E-state index in [2.05, 4.69) is 20.6 Å². The van der Waals surface area contributed by atoms with Crippen LogP contribution in [0.1, 0.15) is 16.1 Å². The molecular formula is C20H19N5O5. The maximum absolute atomic E-state index is 12.7. The molecule has 0 spiro atoms. The highest BCUT2D eigenvalue weighted by molar-refractivity contribution is 6.07. The van der Waals surface area contributed by atoms with Crippen molar-refractivity contribution in [2.24, 2.45) is 0 Å². The summed E-state index contributed by atoms with van der Waals surface area (Å²) in [5, 5.41) is 17.2. The molecule has 1 amide bonds. The van der Waals surface area contributed by atoms with E-state index in [0.717, 1.165) is 17.4 Å². The summed E-state index contributed by atoms with van der Waals surface area (Å²) in [6.07, 6.45) is 1.46. The molecule has 10 heteroatoms. The highest BCUT2D eigenvalue weighted by Crippen LogP contribution is 2.34. The largest absolute Gasteiger partial charge is 0.493 e. The van der Waals surface area contributed by atoms with Crippen LogP contribution in [0.25, 0.3) is 0 Å². The van der Waals surface area contributed by atoms with E-state index in [1.165, 1.54) is 26.6 Å². The quantitative estimate of drug-likeness (QED) is 0.446. The molecule has 0 aliphatic rings. The first-order chi connectivity index (χ1) is 14.4. The number of amides is 1. The number of nitro groups is 1. The van der Waals surface area contributed by atoms with E-state index in [-0.39, 0.29) is 22.7 Å². The van der Waals surface area contributed by atoms with Crippen LogP contribution in [-0.4, -0.2) is 35.0 Å². The lowest BCUT2D eigenvalue weighted by Crippen LogP contribution is -2.14. The van der Waals surface area contributed by atoms with Crippen LogP contribution < -0.4 is 20.1 Å². The topological polar surface area (TPSA) is 129 Å². The average molecular weight is 409 g/mol. The summed E-state index contributed by atoms with van der Waals surface area (Å²) in [6.45, 7) is 1.86. The maximum Gasteiger partial charge on any atom is 0.286 e. The number of anilines is 3. The van der Waals surface area contributed by atoms with Gasteiger partial charge in [0.25, 0.3) is 11.6 Å². The monoisotopic (exact) mass is 409 g/mol. The molecule has 1 aromatic heterocycles. The fourth-order valence-electron chi connectivity index (χ4n) is 2.71. The minimum atomic E-state index is -0.645. The van der Waals surface area contributed by atoms with Crippen molar-refractivity contribution < 1.29 is 19.2 Å². The van der Waals surface area contributed by atoms with Gasteiger partial charge in [-0.25, -0.2) is 9.97 Å². The van der Waals surface area contributed by atoms with Crippen molar-refractivity contribution in [2.75, 3.05) is 24.9 Å². The van der Waals surface area contributed by atoms with Crippen LogP contribution in [0, 0.1) is 17.0 Å². The van der Waals surface area contributed by atoms with Gasteiger partial charge < -0.3 is 20.1 Å². The minimum absolute atomic E-state index is 0.142. The van der Waals surface area contributed by atoms with Crippen LogP contribution in [0.4, 0.5) is 22.9 Å². The predicted octanol–water partition coefficient (Wildman–Crippen LogP) is 3.71. The van der Waals surface area contributed by atoms with Crippen LogP contribution in [0.3, 0.4) is 0 Å². The van der Waals surface area contributed by atoms with Crippen LogP contribution >= 0.6 is 0 Å². The molecular weight excluding hydrogens is 390 g/mol. The number of benzene rings is 2. The third-order valence-electron chi connectivity index (χ3n) is 4.16. The summed E-state index contributed by atoms with van der Waals surface area (Å²) in [5.41, 5.74) is 1.52. The molecule has 30 heavy (non-hydrogen) atoms. The molecule has 3 rings (SSSR count). The summed E-state index contributed by atoms with van der Waals surface area (Å²) in [6, 6.07) is 11.1. The Hall–Kier alpha value is -4.21. The van der Waals surface area contributed by atoms with Crippen LogP contribution in [0.5, 0.6) is 11.5 Å². The SMILES string of the molecule is COc1cc(C(=O)Nc2ccc(Nc3cc(C)ncn3)cc2)c([N+](=O)[O-])cc1OC. The first kappa shape index (κ1) is 20.5. The highest BCUT2D eigenvalue weighted by Gasteiger charge is 2.24. The number of aromatic nitrogens is 2. The number of nitro benzene ring substituents is 1. The second kappa shape index (κ2) is 8.86. The molecule has 0 atom stereocenters. The zero-order valence-corrected chi connectivity index (χ0v) is 16.5. The van der Waals surface area contributed by atoms with Gasteiger partial charge in [-0.3, -0.25) is 14.9 Å². The van der Waals surface area contributed by atoms with Gasteiger partial charge in [0.15, 0.2) is 11.5 Å². The van der Waals surface area contributed by atoms with E-state index in [4.69, 9.17) is 9.47 Å². The van der Waals surface area contributed by atoms with E-state index in [1.807, 2.05) is 6.92 Å². The predicted molar refractivity (Wildman–Crippen MR) is 111 cm³/mol. The van der Waals surface area contributed by atoms with Crippen molar-refractivity contribution in [2.45, 2.75) is 6.92 Å². The normalized spacial score (nSPS) is 10.2. The first-order valence-corrected chi connectivity index (χ1v) is 8.78. The zero-order chi connectivity index (χ0) is 21.7. The number of rotatable bonds is 7. The van der Waals surface area contributed by atoms with E-state index < -0.39 is 10.8 Å². The number of hydrogen-bond acceptors (Lipinski definition) is 8. The van der Waals surface area contributed by atoms with Crippen LogP contribution in [0.2, 0.25) is 0 Å². The lowest BCUT2D eigenvalue weighted by Gasteiger charge is -2.11. The number of nitrogens with zero attached hydrogens (tertiary/aromatic N) is 3. The number of aryl methyl sites for hydroxylation is 1. The Morgan fingerprint density at radius 3 is 2.23 bits per heavy atom. The van der Waals surface area contributed by atoms with Gasteiger partial charge in [0, 0.05) is 29.2 Å². The Morgan fingerprint density at radius 1 is 1.00 bits per heavy atom. The minimum Gasteiger partial charge on any atom is -0.493 e.